The molecule has 14 heavy (non-hydrogen) atoms. The van der Waals surface area contributed by atoms with E-state index < -0.39 is 36.7 Å². The first-order valence-electron chi connectivity index (χ1n) is 3.80. The zero-order chi connectivity index (χ0) is 11.1. The summed E-state index contributed by atoms with van der Waals surface area (Å²) in [6.07, 6.45) is -9.54. The number of ether oxygens (including phenoxy) is 1. The molecule has 5 atom stereocenters. The van der Waals surface area contributed by atoms with Crippen molar-refractivity contribution < 1.29 is 40.5 Å². The van der Waals surface area contributed by atoms with E-state index in [0.717, 1.165) is 0 Å². The molecule has 0 saturated carbocycles. The van der Waals surface area contributed by atoms with Crippen LogP contribution >= 0.6 is 0 Å². The maximum Gasteiger partial charge on any atom is 0.306 e. The topological polar surface area (TPSA) is 151 Å². The lowest BCUT2D eigenvalue weighted by Gasteiger charge is -2.40. The fourth-order valence-electron chi connectivity index (χ4n) is 1.18. The molecule has 0 amide bonds. The molecule has 1 saturated heterocycles. The van der Waals surface area contributed by atoms with Crippen molar-refractivity contribution in [3.8, 4) is 0 Å². The van der Waals surface area contributed by atoms with Gasteiger partial charge in [-0.25, -0.2) is 0 Å². The second-order valence-electron chi connectivity index (χ2n) is 3.11. The standard InChI is InChI=1S/C6H12O8/c7-1-2(8)4(6(11,12)13)14-5(10)3(1)9/h1-5,7-13H/t1-,2-,3+,4-,5?/m0/s1. The number of rotatable bonds is 1. The molecule has 0 aromatic heterocycles. The van der Waals surface area contributed by atoms with Gasteiger partial charge in [-0.1, -0.05) is 0 Å². The number of aliphatic hydroxyl groups excluding tert-OH is 4. The minimum Gasteiger partial charge on any atom is -0.387 e. The SMILES string of the molecule is OC1O[C@H](C(O)(O)O)[C@@H](O)[C@H](O)[C@H]1O. The summed E-state index contributed by atoms with van der Waals surface area (Å²) in [6.45, 7) is 0. The quantitative estimate of drug-likeness (QED) is 0.214. The highest BCUT2D eigenvalue weighted by molar-refractivity contribution is 4.91. The fraction of sp³-hybridized carbons (Fsp3) is 1.00. The summed E-state index contributed by atoms with van der Waals surface area (Å²) in [4.78, 5) is 0. The first-order valence-corrected chi connectivity index (χ1v) is 3.80. The van der Waals surface area contributed by atoms with Crippen LogP contribution in [0.1, 0.15) is 0 Å². The minimum atomic E-state index is -3.42. The summed E-state index contributed by atoms with van der Waals surface area (Å²) in [6, 6.07) is 0. The first-order chi connectivity index (χ1) is 6.25. The molecule has 1 heterocycles. The average Bonchev–Trinajstić information content (AvgIpc) is 2.06. The van der Waals surface area contributed by atoms with E-state index in [9.17, 15) is 0 Å². The lowest BCUT2D eigenvalue weighted by molar-refractivity contribution is -0.414. The van der Waals surface area contributed by atoms with Crippen molar-refractivity contribution in [3.63, 3.8) is 0 Å². The van der Waals surface area contributed by atoms with Crippen LogP contribution in [0.3, 0.4) is 0 Å². The van der Waals surface area contributed by atoms with Gasteiger partial charge in [0, 0.05) is 0 Å². The van der Waals surface area contributed by atoms with Gasteiger partial charge in [0.1, 0.15) is 18.3 Å². The summed E-state index contributed by atoms with van der Waals surface area (Å²) in [5.41, 5.74) is 0. The Morgan fingerprint density at radius 3 is 1.71 bits per heavy atom. The zero-order valence-electron chi connectivity index (χ0n) is 6.93. The Balaban J connectivity index is 2.81. The van der Waals surface area contributed by atoms with Gasteiger partial charge in [-0.15, -0.1) is 0 Å². The van der Waals surface area contributed by atoms with Crippen LogP contribution in [0.15, 0.2) is 0 Å². The van der Waals surface area contributed by atoms with Gasteiger partial charge in [-0.2, -0.15) is 0 Å². The van der Waals surface area contributed by atoms with Gasteiger partial charge >= 0.3 is 5.97 Å². The van der Waals surface area contributed by atoms with Crippen molar-refractivity contribution in [2.24, 2.45) is 0 Å². The van der Waals surface area contributed by atoms with Crippen LogP contribution in [0.4, 0.5) is 0 Å². The lowest BCUT2D eigenvalue weighted by Crippen LogP contribution is -2.64. The Bertz CT molecular complexity index is 200. The van der Waals surface area contributed by atoms with Crippen LogP contribution in [0.2, 0.25) is 0 Å². The molecule has 1 fully saturated rings. The van der Waals surface area contributed by atoms with Gasteiger partial charge in [0.2, 0.25) is 0 Å². The fourth-order valence-corrected chi connectivity index (χ4v) is 1.18. The molecule has 0 aromatic carbocycles. The highest BCUT2D eigenvalue weighted by Gasteiger charge is 2.51. The third-order valence-corrected chi connectivity index (χ3v) is 1.97. The average molecular weight is 212 g/mol. The molecule has 8 nitrogen and oxygen atoms in total. The maximum absolute atomic E-state index is 9.14. The first kappa shape index (κ1) is 11.8. The Morgan fingerprint density at radius 2 is 1.29 bits per heavy atom. The molecule has 1 unspecified atom stereocenters. The van der Waals surface area contributed by atoms with E-state index in [1.165, 1.54) is 0 Å². The molecule has 1 aliphatic heterocycles. The Morgan fingerprint density at radius 1 is 0.786 bits per heavy atom. The lowest BCUT2D eigenvalue weighted by atomic mass is 9.97. The van der Waals surface area contributed by atoms with Crippen LogP contribution in [-0.2, 0) is 4.74 Å². The number of hydrogen-bond donors (Lipinski definition) is 7. The van der Waals surface area contributed by atoms with E-state index >= 15 is 0 Å². The van der Waals surface area contributed by atoms with E-state index in [-0.39, 0.29) is 0 Å². The second kappa shape index (κ2) is 3.68. The largest absolute Gasteiger partial charge is 0.387 e. The van der Waals surface area contributed by atoms with Gasteiger partial charge in [0.05, 0.1) is 0 Å². The molecule has 1 rings (SSSR count). The van der Waals surface area contributed by atoms with Crippen LogP contribution in [0.5, 0.6) is 0 Å². The number of hydrogen-bond acceptors (Lipinski definition) is 8. The van der Waals surface area contributed by atoms with Crippen LogP contribution in [-0.4, -0.2) is 72.4 Å². The molecule has 84 valence electrons. The van der Waals surface area contributed by atoms with Crippen LogP contribution < -0.4 is 0 Å². The van der Waals surface area contributed by atoms with Gasteiger partial charge in [0.25, 0.3) is 0 Å². The Labute approximate surface area is 78.2 Å². The predicted molar refractivity (Wildman–Crippen MR) is 38.3 cm³/mol. The molecule has 0 aliphatic carbocycles. The molecule has 0 bridgehead atoms. The smallest absolute Gasteiger partial charge is 0.306 e. The normalized spacial score (nSPS) is 45.2. The molecule has 0 aromatic rings. The van der Waals surface area contributed by atoms with E-state index in [1.54, 1.807) is 0 Å². The number of aliphatic hydroxyl groups is 7. The van der Waals surface area contributed by atoms with Gasteiger partial charge in [0.15, 0.2) is 12.4 Å². The van der Waals surface area contributed by atoms with E-state index in [2.05, 4.69) is 4.74 Å². The van der Waals surface area contributed by atoms with Gasteiger partial charge < -0.3 is 40.5 Å². The molecular formula is C6H12O8. The predicted octanol–water partition coefficient (Wildman–Crippen LogP) is -4.58. The summed E-state index contributed by atoms with van der Waals surface area (Å²) >= 11 is 0. The van der Waals surface area contributed by atoms with Crippen molar-refractivity contribution in [2.75, 3.05) is 0 Å². The summed E-state index contributed by atoms with van der Waals surface area (Å²) in [5.74, 6) is -3.42. The Kier molecular flexibility index (Phi) is 3.09. The van der Waals surface area contributed by atoms with Crippen molar-refractivity contribution in [3.05, 3.63) is 0 Å². The Hall–Kier alpha value is -0.320. The van der Waals surface area contributed by atoms with Gasteiger partial charge in [-0.05, 0) is 0 Å². The third-order valence-electron chi connectivity index (χ3n) is 1.97. The highest BCUT2D eigenvalue weighted by atomic mass is 16.7. The van der Waals surface area contributed by atoms with E-state index in [1.807, 2.05) is 0 Å². The molecular weight excluding hydrogens is 200 g/mol. The third kappa shape index (κ3) is 2.02. The highest BCUT2D eigenvalue weighted by Crippen LogP contribution is 2.24. The minimum absolute atomic E-state index is 1.79. The van der Waals surface area contributed by atoms with E-state index in [0.29, 0.717) is 0 Å². The van der Waals surface area contributed by atoms with E-state index in [4.69, 9.17) is 35.7 Å². The molecule has 0 radical (unpaired) electrons. The summed E-state index contributed by atoms with van der Waals surface area (Å²) in [5, 5.41) is 62.1. The van der Waals surface area contributed by atoms with Gasteiger partial charge in [-0.3, -0.25) is 0 Å². The summed E-state index contributed by atoms with van der Waals surface area (Å²) < 4.78 is 4.29. The second-order valence-corrected chi connectivity index (χ2v) is 3.11. The monoisotopic (exact) mass is 212 g/mol. The molecule has 8 heteroatoms. The molecule has 1 aliphatic rings. The van der Waals surface area contributed by atoms with Crippen LogP contribution in [0, 0.1) is 0 Å². The van der Waals surface area contributed by atoms with Crippen molar-refractivity contribution in [2.45, 2.75) is 36.7 Å². The van der Waals surface area contributed by atoms with Crippen LogP contribution in [0.25, 0.3) is 0 Å². The van der Waals surface area contributed by atoms with Crippen molar-refractivity contribution in [1.29, 1.82) is 0 Å². The van der Waals surface area contributed by atoms with Crippen molar-refractivity contribution in [1.82, 2.24) is 0 Å². The zero-order valence-corrected chi connectivity index (χ0v) is 6.93. The summed E-state index contributed by atoms with van der Waals surface area (Å²) in [7, 11) is 0. The molecule has 0 spiro atoms. The molecule has 7 N–H and O–H groups in total. The maximum atomic E-state index is 9.14. The van der Waals surface area contributed by atoms with Crippen molar-refractivity contribution >= 4 is 0 Å².